The van der Waals surface area contributed by atoms with Crippen LogP contribution >= 0.6 is 0 Å². The summed E-state index contributed by atoms with van der Waals surface area (Å²) in [6, 6.07) is 5.72. The van der Waals surface area contributed by atoms with Gasteiger partial charge in [-0.05, 0) is 30.7 Å². The molecule has 0 saturated carbocycles. The Labute approximate surface area is 122 Å². The van der Waals surface area contributed by atoms with Crippen LogP contribution in [-0.4, -0.2) is 23.3 Å². The lowest BCUT2D eigenvalue weighted by Crippen LogP contribution is -2.06. The molecule has 0 amide bonds. The lowest BCUT2D eigenvalue weighted by Gasteiger charge is -2.08. The third-order valence-corrected chi connectivity index (χ3v) is 2.96. The molecule has 0 aliphatic carbocycles. The Bertz CT molecular complexity index is 625. The summed E-state index contributed by atoms with van der Waals surface area (Å²) in [5.41, 5.74) is 1.57. The van der Waals surface area contributed by atoms with Gasteiger partial charge in [-0.25, -0.2) is 9.18 Å². The molecule has 0 saturated heterocycles. The van der Waals surface area contributed by atoms with Gasteiger partial charge in [-0.3, -0.25) is 5.10 Å². The molecule has 0 unspecified atom stereocenters. The Balaban J connectivity index is 2.01. The Kier molecular flexibility index (Phi) is 4.92. The number of ether oxygens (including phenoxy) is 2. The van der Waals surface area contributed by atoms with Gasteiger partial charge in [0.05, 0.1) is 7.11 Å². The SMILES string of the molecule is CCCc1cc(C(=O)OCc2cc(F)ccc2OC)n[nH]1. The summed E-state index contributed by atoms with van der Waals surface area (Å²) in [5.74, 6) is -0.496. The van der Waals surface area contributed by atoms with Gasteiger partial charge in [-0.1, -0.05) is 13.3 Å². The van der Waals surface area contributed by atoms with Crippen molar-refractivity contribution in [2.75, 3.05) is 7.11 Å². The third-order valence-electron chi connectivity index (χ3n) is 2.96. The largest absolute Gasteiger partial charge is 0.496 e. The lowest BCUT2D eigenvalue weighted by molar-refractivity contribution is 0.0462. The molecule has 0 atom stereocenters. The normalized spacial score (nSPS) is 10.4. The number of benzene rings is 1. The molecule has 0 spiro atoms. The minimum absolute atomic E-state index is 0.0737. The Morgan fingerprint density at radius 2 is 2.19 bits per heavy atom. The summed E-state index contributed by atoms with van der Waals surface area (Å²) < 4.78 is 23.4. The number of hydrogen-bond donors (Lipinski definition) is 1. The van der Waals surface area contributed by atoms with Crippen LogP contribution in [0.15, 0.2) is 24.3 Å². The molecule has 0 aliphatic rings. The molecule has 1 heterocycles. The third kappa shape index (κ3) is 3.81. The van der Waals surface area contributed by atoms with Crippen LogP contribution in [-0.2, 0) is 17.8 Å². The van der Waals surface area contributed by atoms with Crippen molar-refractivity contribution in [3.63, 3.8) is 0 Å². The maximum atomic E-state index is 13.2. The van der Waals surface area contributed by atoms with Gasteiger partial charge in [0.1, 0.15) is 18.2 Å². The number of esters is 1. The van der Waals surface area contributed by atoms with E-state index in [9.17, 15) is 9.18 Å². The van der Waals surface area contributed by atoms with E-state index in [1.54, 1.807) is 6.07 Å². The van der Waals surface area contributed by atoms with Gasteiger partial charge in [-0.15, -0.1) is 0 Å². The van der Waals surface area contributed by atoms with Gasteiger partial charge in [0.2, 0.25) is 0 Å². The molecule has 0 aliphatic heterocycles. The van der Waals surface area contributed by atoms with E-state index < -0.39 is 11.8 Å². The molecule has 5 nitrogen and oxygen atoms in total. The summed E-state index contributed by atoms with van der Waals surface area (Å²) >= 11 is 0. The van der Waals surface area contributed by atoms with Gasteiger partial charge in [0.15, 0.2) is 5.69 Å². The Morgan fingerprint density at radius 1 is 1.38 bits per heavy atom. The van der Waals surface area contributed by atoms with Crippen molar-refractivity contribution in [3.05, 3.63) is 47.0 Å². The monoisotopic (exact) mass is 292 g/mol. The number of aromatic nitrogens is 2. The summed E-state index contributed by atoms with van der Waals surface area (Å²) in [6.45, 7) is 1.96. The van der Waals surface area contributed by atoms with Crippen LogP contribution in [0.4, 0.5) is 4.39 Å². The van der Waals surface area contributed by atoms with Crippen molar-refractivity contribution in [2.24, 2.45) is 0 Å². The zero-order chi connectivity index (χ0) is 15.2. The summed E-state index contributed by atoms with van der Waals surface area (Å²) in [6.07, 6.45) is 1.77. The number of halogens is 1. The maximum absolute atomic E-state index is 13.2. The fourth-order valence-electron chi connectivity index (χ4n) is 1.94. The number of methoxy groups -OCH3 is 1. The fraction of sp³-hybridized carbons (Fsp3) is 0.333. The number of nitrogens with zero attached hydrogens (tertiary/aromatic N) is 1. The van der Waals surface area contributed by atoms with Gasteiger partial charge in [0, 0.05) is 11.3 Å². The number of aryl methyl sites for hydroxylation is 1. The maximum Gasteiger partial charge on any atom is 0.359 e. The van der Waals surface area contributed by atoms with Crippen LogP contribution < -0.4 is 4.74 Å². The minimum atomic E-state index is -0.556. The molecule has 2 aromatic rings. The highest BCUT2D eigenvalue weighted by molar-refractivity contribution is 5.87. The quantitative estimate of drug-likeness (QED) is 0.831. The number of rotatable bonds is 6. The molecule has 21 heavy (non-hydrogen) atoms. The molecule has 6 heteroatoms. The van der Waals surface area contributed by atoms with Crippen LogP contribution in [0.25, 0.3) is 0 Å². The molecule has 0 fully saturated rings. The van der Waals surface area contributed by atoms with Gasteiger partial charge in [-0.2, -0.15) is 5.10 Å². The standard InChI is InChI=1S/C15H17FN2O3/c1-3-4-12-8-13(18-17-12)15(19)21-9-10-7-11(16)5-6-14(10)20-2/h5-8H,3-4,9H2,1-2H3,(H,17,18). The Hall–Kier alpha value is -2.37. The zero-order valence-corrected chi connectivity index (χ0v) is 12.0. The molecular formula is C15H17FN2O3. The first-order valence-electron chi connectivity index (χ1n) is 6.68. The van der Waals surface area contributed by atoms with Gasteiger partial charge >= 0.3 is 5.97 Å². The van der Waals surface area contributed by atoms with Crippen LogP contribution in [0.1, 0.15) is 35.1 Å². The first kappa shape index (κ1) is 15.0. The minimum Gasteiger partial charge on any atom is -0.496 e. The number of hydrogen-bond acceptors (Lipinski definition) is 4. The number of carbonyl (C=O) groups is 1. The van der Waals surface area contributed by atoms with E-state index in [1.165, 1.54) is 25.3 Å². The number of aromatic amines is 1. The van der Waals surface area contributed by atoms with E-state index in [4.69, 9.17) is 9.47 Å². The van der Waals surface area contributed by atoms with Gasteiger partial charge < -0.3 is 9.47 Å². The molecule has 1 N–H and O–H groups in total. The first-order valence-corrected chi connectivity index (χ1v) is 6.68. The van der Waals surface area contributed by atoms with Crippen molar-refractivity contribution >= 4 is 5.97 Å². The lowest BCUT2D eigenvalue weighted by atomic mass is 10.2. The summed E-state index contributed by atoms with van der Waals surface area (Å²) in [7, 11) is 1.48. The zero-order valence-electron chi connectivity index (χ0n) is 12.0. The summed E-state index contributed by atoms with van der Waals surface area (Å²) in [4.78, 5) is 11.9. The predicted molar refractivity (Wildman–Crippen MR) is 74.7 cm³/mol. The van der Waals surface area contributed by atoms with Crippen LogP contribution in [0, 0.1) is 5.82 Å². The fourth-order valence-corrected chi connectivity index (χ4v) is 1.94. The highest BCUT2D eigenvalue weighted by Gasteiger charge is 2.13. The molecular weight excluding hydrogens is 275 g/mol. The second-order valence-corrected chi connectivity index (χ2v) is 4.56. The van der Waals surface area contributed by atoms with Crippen molar-refractivity contribution in [1.29, 1.82) is 0 Å². The van der Waals surface area contributed by atoms with E-state index in [0.29, 0.717) is 11.3 Å². The molecule has 0 bridgehead atoms. The topological polar surface area (TPSA) is 64.2 Å². The number of carbonyl (C=O) groups excluding carboxylic acids is 1. The van der Waals surface area contributed by atoms with E-state index in [1.807, 2.05) is 6.92 Å². The first-order chi connectivity index (χ1) is 10.1. The van der Waals surface area contributed by atoms with Crippen molar-refractivity contribution in [1.82, 2.24) is 10.2 Å². The number of nitrogens with one attached hydrogen (secondary N) is 1. The average Bonchev–Trinajstić information content (AvgIpc) is 2.94. The van der Waals surface area contributed by atoms with E-state index in [0.717, 1.165) is 18.5 Å². The molecule has 1 aromatic carbocycles. The van der Waals surface area contributed by atoms with Crippen LogP contribution in [0.5, 0.6) is 5.75 Å². The van der Waals surface area contributed by atoms with Crippen LogP contribution in [0.3, 0.4) is 0 Å². The van der Waals surface area contributed by atoms with E-state index in [-0.39, 0.29) is 12.3 Å². The second kappa shape index (κ2) is 6.88. The molecule has 2 rings (SSSR count). The highest BCUT2D eigenvalue weighted by Crippen LogP contribution is 2.20. The summed E-state index contributed by atoms with van der Waals surface area (Å²) in [5, 5.41) is 6.68. The smallest absolute Gasteiger partial charge is 0.359 e. The average molecular weight is 292 g/mol. The number of H-pyrrole nitrogens is 1. The van der Waals surface area contributed by atoms with Gasteiger partial charge in [0.25, 0.3) is 0 Å². The highest BCUT2D eigenvalue weighted by atomic mass is 19.1. The molecule has 0 radical (unpaired) electrons. The van der Waals surface area contributed by atoms with Crippen molar-refractivity contribution in [2.45, 2.75) is 26.4 Å². The molecule has 112 valence electrons. The molecule has 1 aromatic heterocycles. The predicted octanol–water partition coefficient (Wildman–Crippen LogP) is 2.87. The van der Waals surface area contributed by atoms with Crippen molar-refractivity contribution < 1.29 is 18.7 Å². The second-order valence-electron chi connectivity index (χ2n) is 4.56. The Morgan fingerprint density at radius 3 is 2.90 bits per heavy atom. The van der Waals surface area contributed by atoms with Crippen LogP contribution in [0.2, 0.25) is 0 Å². The van der Waals surface area contributed by atoms with E-state index >= 15 is 0 Å². The van der Waals surface area contributed by atoms with E-state index in [2.05, 4.69) is 10.2 Å². The van der Waals surface area contributed by atoms with Crippen molar-refractivity contribution in [3.8, 4) is 5.75 Å².